The molecule has 1 heterocycles. The fraction of sp³-hybridized carbons (Fsp3) is 1.00. The largest absolute Gasteiger partial charge is 0.390 e. The summed E-state index contributed by atoms with van der Waals surface area (Å²) in [6.45, 7) is 1.66. The van der Waals surface area contributed by atoms with Crippen LogP contribution >= 0.6 is 0 Å². The summed E-state index contributed by atoms with van der Waals surface area (Å²) in [5, 5.41) is 9.12. The predicted molar refractivity (Wildman–Crippen MR) is 32.0 cm³/mol. The van der Waals surface area contributed by atoms with Crippen LogP contribution in [0.2, 0.25) is 0 Å². The van der Waals surface area contributed by atoms with Crippen LogP contribution in [0.4, 0.5) is 4.53 Å². The normalized spacial score (nSPS) is 40.5. The Morgan fingerprint density at radius 3 is 2.90 bits per heavy atom. The summed E-state index contributed by atoms with van der Waals surface area (Å²) in [7, 11) is 0. The highest BCUT2D eigenvalue weighted by molar-refractivity contribution is 4.78. The molecular weight excluding hydrogens is 139 g/mol. The van der Waals surface area contributed by atoms with Crippen molar-refractivity contribution in [2.24, 2.45) is 0 Å². The molecule has 1 rings (SSSR count). The molecule has 3 unspecified atom stereocenters. The van der Waals surface area contributed by atoms with Gasteiger partial charge in [-0.1, -0.05) is 0 Å². The van der Waals surface area contributed by atoms with Crippen LogP contribution in [-0.2, 0) is 9.68 Å². The predicted octanol–water partition coefficient (Wildman–Crippen LogP) is 0.426. The molecule has 0 bridgehead atoms. The number of hydrogen-bond acceptors (Lipinski definition) is 3. The molecule has 0 aromatic heterocycles. The van der Waals surface area contributed by atoms with Gasteiger partial charge in [0.15, 0.2) is 0 Å². The van der Waals surface area contributed by atoms with Crippen molar-refractivity contribution in [3.63, 3.8) is 0 Å². The van der Waals surface area contributed by atoms with E-state index < -0.39 is 12.2 Å². The number of ether oxygens (including phenoxy) is 1. The summed E-state index contributed by atoms with van der Waals surface area (Å²) in [6.07, 6.45) is -0.491. The van der Waals surface area contributed by atoms with Crippen LogP contribution < -0.4 is 0 Å². The topological polar surface area (TPSA) is 38.7 Å². The van der Waals surface area contributed by atoms with E-state index in [9.17, 15) is 4.53 Å². The Morgan fingerprint density at radius 1 is 1.80 bits per heavy atom. The number of aliphatic hydroxyl groups excluding tert-OH is 1. The Labute approximate surface area is 58.6 Å². The Balaban J connectivity index is 2.31. The van der Waals surface area contributed by atoms with Gasteiger partial charge in [0.2, 0.25) is 0 Å². The molecule has 0 aromatic rings. The van der Waals surface area contributed by atoms with Gasteiger partial charge in [-0.3, -0.25) is 0 Å². The van der Waals surface area contributed by atoms with Crippen molar-refractivity contribution in [1.29, 1.82) is 0 Å². The van der Waals surface area contributed by atoms with Gasteiger partial charge < -0.3 is 9.84 Å². The van der Waals surface area contributed by atoms with Crippen molar-refractivity contribution >= 4 is 0 Å². The molecule has 10 heavy (non-hydrogen) atoms. The lowest BCUT2D eigenvalue weighted by Gasteiger charge is -2.09. The minimum absolute atomic E-state index is 0.00940. The molecule has 0 amide bonds. The first kappa shape index (κ1) is 7.91. The number of rotatable bonds is 2. The van der Waals surface area contributed by atoms with E-state index in [4.69, 9.17) is 9.84 Å². The van der Waals surface area contributed by atoms with Crippen LogP contribution in [0.15, 0.2) is 0 Å². The molecule has 0 saturated carbocycles. The quantitative estimate of drug-likeness (QED) is 0.620. The minimum atomic E-state index is -0.578. The standard InChI is InChI=1S/C6H11FO3/c1-4-2-5(8)6(10-4)3-9-7/h4-6,8H,2-3H2,1H3. The van der Waals surface area contributed by atoms with Crippen molar-refractivity contribution < 1.29 is 19.3 Å². The SMILES string of the molecule is CC1CC(O)C(COF)O1. The molecule has 1 aliphatic rings. The highest BCUT2D eigenvalue weighted by Crippen LogP contribution is 2.19. The highest BCUT2D eigenvalue weighted by atomic mass is 19.3. The van der Waals surface area contributed by atoms with Crippen LogP contribution in [0, 0.1) is 0 Å². The summed E-state index contributed by atoms with van der Waals surface area (Å²) in [5.41, 5.74) is 0. The monoisotopic (exact) mass is 150 g/mol. The van der Waals surface area contributed by atoms with Gasteiger partial charge in [-0.25, -0.2) is 0 Å². The zero-order chi connectivity index (χ0) is 7.56. The van der Waals surface area contributed by atoms with Gasteiger partial charge in [-0.15, -0.1) is 0 Å². The van der Waals surface area contributed by atoms with Gasteiger partial charge >= 0.3 is 0 Å². The van der Waals surface area contributed by atoms with Gasteiger partial charge in [0, 0.05) is 6.42 Å². The first-order chi connectivity index (χ1) is 4.74. The molecule has 1 fully saturated rings. The molecule has 0 spiro atoms. The molecule has 1 N–H and O–H groups in total. The first-order valence-corrected chi connectivity index (χ1v) is 3.31. The van der Waals surface area contributed by atoms with Crippen LogP contribution in [0.3, 0.4) is 0 Å². The van der Waals surface area contributed by atoms with Crippen molar-refractivity contribution in [3.8, 4) is 0 Å². The first-order valence-electron chi connectivity index (χ1n) is 3.31. The summed E-state index contributed by atoms with van der Waals surface area (Å²) in [4.78, 5) is 3.36. The Hall–Kier alpha value is -0.190. The molecule has 4 heteroatoms. The summed E-state index contributed by atoms with van der Waals surface area (Å²) >= 11 is 0. The highest BCUT2D eigenvalue weighted by Gasteiger charge is 2.31. The molecular formula is C6H11FO3. The second-order valence-corrected chi connectivity index (χ2v) is 2.56. The lowest BCUT2D eigenvalue weighted by Crippen LogP contribution is -2.25. The van der Waals surface area contributed by atoms with E-state index in [0.29, 0.717) is 6.42 Å². The second kappa shape index (κ2) is 3.27. The minimum Gasteiger partial charge on any atom is -0.390 e. The van der Waals surface area contributed by atoms with Gasteiger partial charge in [0.1, 0.15) is 12.7 Å². The molecule has 0 aromatic carbocycles. The molecule has 1 aliphatic heterocycles. The number of aliphatic hydroxyl groups is 1. The van der Waals surface area contributed by atoms with E-state index in [1.165, 1.54) is 0 Å². The molecule has 1 saturated heterocycles. The van der Waals surface area contributed by atoms with Crippen molar-refractivity contribution in [3.05, 3.63) is 0 Å². The molecule has 0 aliphatic carbocycles. The van der Waals surface area contributed by atoms with E-state index in [2.05, 4.69) is 4.94 Å². The lowest BCUT2D eigenvalue weighted by molar-refractivity contribution is -0.172. The fourth-order valence-electron chi connectivity index (χ4n) is 1.15. The third kappa shape index (κ3) is 1.65. The van der Waals surface area contributed by atoms with Gasteiger partial charge in [0.25, 0.3) is 0 Å². The van der Waals surface area contributed by atoms with E-state index >= 15 is 0 Å². The average molecular weight is 150 g/mol. The molecule has 3 nitrogen and oxygen atoms in total. The van der Waals surface area contributed by atoms with Gasteiger partial charge in [0.05, 0.1) is 12.2 Å². The Morgan fingerprint density at radius 2 is 2.50 bits per heavy atom. The third-order valence-corrected chi connectivity index (χ3v) is 1.64. The van der Waals surface area contributed by atoms with E-state index in [-0.39, 0.29) is 12.7 Å². The Bertz CT molecular complexity index is 109. The van der Waals surface area contributed by atoms with Crippen molar-refractivity contribution in [2.45, 2.75) is 31.7 Å². The molecule has 60 valence electrons. The smallest absolute Gasteiger partial charge is 0.116 e. The maximum atomic E-state index is 11.3. The Kier molecular flexibility index (Phi) is 2.59. The van der Waals surface area contributed by atoms with Crippen LogP contribution in [0.5, 0.6) is 0 Å². The zero-order valence-electron chi connectivity index (χ0n) is 5.79. The van der Waals surface area contributed by atoms with E-state index in [1.807, 2.05) is 6.92 Å². The fourth-order valence-corrected chi connectivity index (χ4v) is 1.15. The summed E-state index contributed by atoms with van der Waals surface area (Å²) in [6, 6.07) is 0. The van der Waals surface area contributed by atoms with Crippen LogP contribution in [0.1, 0.15) is 13.3 Å². The summed E-state index contributed by atoms with van der Waals surface area (Å²) < 4.78 is 16.4. The van der Waals surface area contributed by atoms with Crippen molar-refractivity contribution in [2.75, 3.05) is 6.61 Å². The van der Waals surface area contributed by atoms with Crippen LogP contribution in [0.25, 0.3) is 0 Å². The summed E-state index contributed by atoms with van der Waals surface area (Å²) in [5.74, 6) is 0. The maximum Gasteiger partial charge on any atom is 0.116 e. The maximum absolute atomic E-state index is 11.3. The van der Waals surface area contributed by atoms with Crippen molar-refractivity contribution in [1.82, 2.24) is 0 Å². The molecule has 0 radical (unpaired) electrons. The van der Waals surface area contributed by atoms with Gasteiger partial charge in [-0.05, 0) is 11.4 Å². The second-order valence-electron chi connectivity index (χ2n) is 2.56. The average Bonchev–Trinajstić information content (AvgIpc) is 2.13. The number of halogens is 1. The number of hydrogen-bond donors (Lipinski definition) is 1. The molecule has 3 atom stereocenters. The van der Waals surface area contributed by atoms with E-state index in [0.717, 1.165) is 0 Å². The van der Waals surface area contributed by atoms with E-state index in [1.54, 1.807) is 0 Å². The zero-order valence-corrected chi connectivity index (χ0v) is 5.79. The lowest BCUT2D eigenvalue weighted by atomic mass is 10.1. The van der Waals surface area contributed by atoms with Gasteiger partial charge in [-0.2, -0.15) is 4.94 Å². The van der Waals surface area contributed by atoms with Crippen LogP contribution in [-0.4, -0.2) is 30.0 Å². The third-order valence-electron chi connectivity index (χ3n) is 1.64.